The summed E-state index contributed by atoms with van der Waals surface area (Å²) < 4.78 is 28.8. The van der Waals surface area contributed by atoms with Crippen LogP contribution in [0.4, 0.5) is 0 Å². The van der Waals surface area contributed by atoms with Crippen molar-refractivity contribution in [2.75, 3.05) is 0 Å². The minimum atomic E-state index is -3.57. The standard InChI is InChI=1S/C14H19N5O2S/c1-10-3-2-4-11(7-10)8-15-22(20,21)16-9-13-17-14(19-18-13)12-5-6-12/h2-4,7,12,15-16H,5-6,8-9H2,1H3,(H,17,18,19). The maximum Gasteiger partial charge on any atom is 0.277 e. The molecule has 3 rings (SSSR count). The number of aromatic nitrogens is 3. The Morgan fingerprint density at radius 2 is 2.05 bits per heavy atom. The molecule has 22 heavy (non-hydrogen) atoms. The van der Waals surface area contributed by atoms with Gasteiger partial charge in [0.05, 0.1) is 6.54 Å². The van der Waals surface area contributed by atoms with E-state index in [0.717, 1.165) is 29.8 Å². The number of H-pyrrole nitrogens is 1. The summed E-state index contributed by atoms with van der Waals surface area (Å²) in [4.78, 5) is 4.28. The monoisotopic (exact) mass is 321 g/mol. The highest BCUT2D eigenvalue weighted by molar-refractivity contribution is 7.87. The molecule has 1 aromatic heterocycles. The molecule has 1 fully saturated rings. The second kappa shape index (κ2) is 6.15. The molecule has 0 bridgehead atoms. The number of benzene rings is 1. The minimum absolute atomic E-state index is 0.100. The summed E-state index contributed by atoms with van der Waals surface area (Å²) in [6.07, 6.45) is 2.22. The summed E-state index contributed by atoms with van der Waals surface area (Å²) >= 11 is 0. The molecule has 1 aromatic carbocycles. The third-order valence-electron chi connectivity index (χ3n) is 3.47. The van der Waals surface area contributed by atoms with Gasteiger partial charge in [-0.2, -0.15) is 23.0 Å². The topological polar surface area (TPSA) is 99.8 Å². The number of nitrogens with zero attached hydrogens (tertiary/aromatic N) is 2. The molecule has 7 nitrogen and oxygen atoms in total. The number of rotatable bonds is 7. The first-order valence-electron chi connectivity index (χ1n) is 7.23. The van der Waals surface area contributed by atoms with E-state index in [1.54, 1.807) is 0 Å². The van der Waals surface area contributed by atoms with Crippen molar-refractivity contribution in [3.05, 3.63) is 47.0 Å². The third-order valence-corrected chi connectivity index (χ3v) is 4.52. The highest BCUT2D eigenvalue weighted by Gasteiger charge is 2.27. The Hall–Kier alpha value is -1.77. The molecule has 0 aliphatic heterocycles. The normalized spacial score (nSPS) is 15.1. The molecule has 1 aliphatic carbocycles. The first kappa shape index (κ1) is 15.1. The van der Waals surface area contributed by atoms with E-state index in [-0.39, 0.29) is 13.1 Å². The number of hydrogen-bond donors (Lipinski definition) is 3. The van der Waals surface area contributed by atoms with E-state index in [4.69, 9.17) is 0 Å². The lowest BCUT2D eigenvalue weighted by molar-refractivity contribution is 0.564. The third kappa shape index (κ3) is 4.12. The second-order valence-corrected chi connectivity index (χ2v) is 7.13. The largest absolute Gasteiger partial charge is 0.277 e. The van der Waals surface area contributed by atoms with Gasteiger partial charge in [-0.3, -0.25) is 5.10 Å². The lowest BCUT2D eigenvalue weighted by Gasteiger charge is -2.07. The maximum atomic E-state index is 11.9. The van der Waals surface area contributed by atoms with Crippen molar-refractivity contribution in [1.29, 1.82) is 0 Å². The first-order valence-corrected chi connectivity index (χ1v) is 8.71. The van der Waals surface area contributed by atoms with Crippen LogP contribution in [0.5, 0.6) is 0 Å². The van der Waals surface area contributed by atoms with E-state index in [0.29, 0.717) is 11.7 Å². The van der Waals surface area contributed by atoms with Crippen molar-refractivity contribution in [3.8, 4) is 0 Å². The van der Waals surface area contributed by atoms with Crippen molar-refractivity contribution in [1.82, 2.24) is 24.6 Å². The summed E-state index contributed by atoms with van der Waals surface area (Å²) in [6, 6.07) is 7.70. The molecule has 0 radical (unpaired) electrons. The zero-order valence-electron chi connectivity index (χ0n) is 12.3. The molecular formula is C14H19N5O2S. The SMILES string of the molecule is Cc1cccc(CNS(=O)(=O)NCc2nc(C3CC3)n[nH]2)c1. The van der Waals surface area contributed by atoms with Gasteiger partial charge in [0.25, 0.3) is 10.2 Å². The lowest BCUT2D eigenvalue weighted by atomic mass is 10.1. The molecule has 0 atom stereocenters. The Bertz CT molecular complexity index is 752. The van der Waals surface area contributed by atoms with Gasteiger partial charge in [0.1, 0.15) is 5.82 Å². The Labute approximate surface area is 129 Å². The van der Waals surface area contributed by atoms with Gasteiger partial charge in [-0.05, 0) is 25.3 Å². The van der Waals surface area contributed by atoms with Crippen LogP contribution in [0.3, 0.4) is 0 Å². The number of hydrogen-bond acceptors (Lipinski definition) is 4. The summed E-state index contributed by atoms with van der Waals surface area (Å²) in [7, 11) is -3.57. The van der Waals surface area contributed by atoms with Gasteiger partial charge in [0.2, 0.25) is 0 Å². The minimum Gasteiger partial charge on any atom is -0.262 e. The first-order chi connectivity index (χ1) is 10.5. The van der Waals surface area contributed by atoms with E-state index in [1.807, 2.05) is 31.2 Å². The molecule has 0 amide bonds. The van der Waals surface area contributed by atoms with Crippen LogP contribution in [0.25, 0.3) is 0 Å². The highest BCUT2D eigenvalue weighted by atomic mass is 32.2. The Balaban J connectivity index is 1.51. The zero-order chi connectivity index (χ0) is 15.6. The van der Waals surface area contributed by atoms with Gasteiger partial charge in [0.15, 0.2) is 5.82 Å². The van der Waals surface area contributed by atoms with Crippen LogP contribution < -0.4 is 9.44 Å². The molecule has 0 saturated heterocycles. The molecule has 0 spiro atoms. The van der Waals surface area contributed by atoms with Crippen molar-refractivity contribution in [3.63, 3.8) is 0 Å². The molecule has 1 heterocycles. The summed E-state index contributed by atoms with van der Waals surface area (Å²) in [5, 5.41) is 6.86. The fraction of sp³-hybridized carbons (Fsp3) is 0.429. The number of nitrogens with one attached hydrogen (secondary N) is 3. The van der Waals surface area contributed by atoms with Gasteiger partial charge in [0, 0.05) is 12.5 Å². The number of aromatic amines is 1. The summed E-state index contributed by atoms with van der Waals surface area (Å²) in [5.74, 6) is 1.76. The molecule has 1 aliphatic rings. The average molecular weight is 321 g/mol. The molecule has 8 heteroatoms. The Kier molecular flexibility index (Phi) is 4.23. The fourth-order valence-electron chi connectivity index (χ4n) is 2.13. The van der Waals surface area contributed by atoms with Crippen LogP contribution in [-0.2, 0) is 23.3 Å². The van der Waals surface area contributed by atoms with Crippen molar-refractivity contribution in [2.24, 2.45) is 0 Å². The molecule has 3 N–H and O–H groups in total. The predicted molar refractivity (Wildman–Crippen MR) is 82.1 cm³/mol. The quantitative estimate of drug-likeness (QED) is 0.711. The molecule has 0 unspecified atom stereocenters. The highest BCUT2D eigenvalue weighted by Crippen LogP contribution is 2.37. The van der Waals surface area contributed by atoms with Gasteiger partial charge in [-0.1, -0.05) is 29.8 Å². The zero-order valence-corrected chi connectivity index (χ0v) is 13.2. The molecule has 2 aromatic rings. The average Bonchev–Trinajstić information content (AvgIpc) is 3.22. The van der Waals surface area contributed by atoms with Crippen LogP contribution in [0.15, 0.2) is 24.3 Å². The van der Waals surface area contributed by atoms with Crippen LogP contribution in [-0.4, -0.2) is 23.6 Å². The van der Waals surface area contributed by atoms with Gasteiger partial charge in [-0.15, -0.1) is 0 Å². The van der Waals surface area contributed by atoms with Crippen LogP contribution in [0, 0.1) is 6.92 Å². The van der Waals surface area contributed by atoms with Gasteiger partial charge < -0.3 is 0 Å². The van der Waals surface area contributed by atoms with Crippen molar-refractivity contribution < 1.29 is 8.42 Å². The fourth-order valence-corrected chi connectivity index (χ4v) is 2.91. The van der Waals surface area contributed by atoms with E-state index in [1.165, 1.54) is 0 Å². The van der Waals surface area contributed by atoms with E-state index in [9.17, 15) is 8.42 Å². The van der Waals surface area contributed by atoms with Crippen molar-refractivity contribution in [2.45, 2.75) is 38.8 Å². The van der Waals surface area contributed by atoms with Crippen molar-refractivity contribution >= 4 is 10.2 Å². The van der Waals surface area contributed by atoms with Crippen LogP contribution in [0.1, 0.15) is 41.5 Å². The van der Waals surface area contributed by atoms with Gasteiger partial charge in [-0.25, -0.2) is 4.98 Å². The predicted octanol–water partition coefficient (Wildman–Crippen LogP) is 1.11. The Morgan fingerprint density at radius 3 is 2.77 bits per heavy atom. The summed E-state index contributed by atoms with van der Waals surface area (Å²) in [6.45, 7) is 2.32. The van der Waals surface area contributed by atoms with E-state index in [2.05, 4.69) is 24.6 Å². The molecule has 118 valence electrons. The van der Waals surface area contributed by atoms with Crippen LogP contribution in [0.2, 0.25) is 0 Å². The smallest absolute Gasteiger partial charge is 0.262 e. The van der Waals surface area contributed by atoms with E-state index < -0.39 is 10.2 Å². The second-order valence-electron chi connectivity index (χ2n) is 5.55. The maximum absolute atomic E-state index is 11.9. The molecular weight excluding hydrogens is 302 g/mol. The van der Waals surface area contributed by atoms with Crippen LogP contribution >= 0.6 is 0 Å². The molecule has 1 saturated carbocycles. The number of aryl methyl sites for hydroxylation is 1. The summed E-state index contributed by atoms with van der Waals surface area (Å²) in [5.41, 5.74) is 2.01. The lowest BCUT2D eigenvalue weighted by Crippen LogP contribution is -2.36. The van der Waals surface area contributed by atoms with E-state index >= 15 is 0 Å². The Morgan fingerprint density at radius 1 is 1.27 bits per heavy atom. The van der Waals surface area contributed by atoms with Gasteiger partial charge >= 0.3 is 0 Å².